The zero-order chi connectivity index (χ0) is 14.7. The van der Waals surface area contributed by atoms with Crippen molar-refractivity contribution in [2.24, 2.45) is 0 Å². The van der Waals surface area contributed by atoms with Crippen LogP contribution in [0.1, 0.15) is 28.3 Å². The molecule has 0 bridgehead atoms. The molecular formula is C17H19BrClN. The van der Waals surface area contributed by atoms with Gasteiger partial charge in [0.1, 0.15) is 0 Å². The number of likely N-dealkylation sites (N-methyl/N-ethyl adjacent to an activating group) is 1. The molecule has 106 valence electrons. The second-order valence-corrected chi connectivity index (χ2v) is 6.41. The molecule has 0 saturated carbocycles. The molecule has 20 heavy (non-hydrogen) atoms. The van der Waals surface area contributed by atoms with E-state index in [1.807, 2.05) is 13.1 Å². The van der Waals surface area contributed by atoms with Gasteiger partial charge < -0.3 is 5.32 Å². The van der Waals surface area contributed by atoms with E-state index in [9.17, 15) is 0 Å². The average molecular weight is 353 g/mol. The molecule has 1 unspecified atom stereocenters. The van der Waals surface area contributed by atoms with E-state index >= 15 is 0 Å². The fourth-order valence-electron chi connectivity index (χ4n) is 2.31. The van der Waals surface area contributed by atoms with Crippen molar-refractivity contribution in [3.63, 3.8) is 0 Å². The van der Waals surface area contributed by atoms with E-state index in [2.05, 4.69) is 65.4 Å². The first-order chi connectivity index (χ1) is 9.51. The highest BCUT2D eigenvalue weighted by Crippen LogP contribution is 2.26. The first-order valence-corrected chi connectivity index (χ1v) is 7.86. The molecule has 2 aromatic carbocycles. The summed E-state index contributed by atoms with van der Waals surface area (Å²) in [6.45, 7) is 4.17. The van der Waals surface area contributed by atoms with Crippen molar-refractivity contribution >= 4 is 27.5 Å². The lowest BCUT2D eigenvalue weighted by Gasteiger charge is -2.18. The van der Waals surface area contributed by atoms with Crippen LogP contribution in [0.3, 0.4) is 0 Å². The predicted octanol–water partition coefficient (Wildman–Crippen LogP) is 5.22. The molecule has 0 aliphatic rings. The fourth-order valence-corrected chi connectivity index (χ4v) is 2.87. The van der Waals surface area contributed by atoms with Gasteiger partial charge in [0.2, 0.25) is 0 Å². The molecule has 1 nitrogen and oxygen atoms in total. The Balaban J connectivity index is 2.26. The molecule has 0 fully saturated rings. The Morgan fingerprint density at radius 3 is 2.50 bits per heavy atom. The van der Waals surface area contributed by atoms with Gasteiger partial charge >= 0.3 is 0 Å². The topological polar surface area (TPSA) is 12.0 Å². The standard InChI is InChI=1S/C17H19BrClN/c1-11-4-5-13(16(19)8-11)10-17(20-3)14-6-7-15(18)12(2)9-14/h4-9,17,20H,10H2,1-3H3. The molecule has 0 aliphatic carbocycles. The van der Waals surface area contributed by atoms with Crippen molar-refractivity contribution in [1.29, 1.82) is 0 Å². The zero-order valence-corrected chi connectivity index (χ0v) is 14.3. The monoisotopic (exact) mass is 351 g/mol. The maximum atomic E-state index is 6.34. The van der Waals surface area contributed by atoms with Gasteiger partial charge in [-0.3, -0.25) is 0 Å². The van der Waals surface area contributed by atoms with Gasteiger partial charge in [-0.15, -0.1) is 0 Å². The smallest absolute Gasteiger partial charge is 0.0441 e. The molecule has 1 N–H and O–H groups in total. The SMILES string of the molecule is CNC(Cc1ccc(C)cc1Cl)c1ccc(Br)c(C)c1. The zero-order valence-electron chi connectivity index (χ0n) is 12.0. The second-order valence-electron chi connectivity index (χ2n) is 5.15. The van der Waals surface area contributed by atoms with Crippen molar-refractivity contribution in [2.45, 2.75) is 26.3 Å². The van der Waals surface area contributed by atoms with Gasteiger partial charge in [0, 0.05) is 15.5 Å². The van der Waals surface area contributed by atoms with Crippen LogP contribution in [0.25, 0.3) is 0 Å². The highest BCUT2D eigenvalue weighted by molar-refractivity contribution is 9.10. The summed E-state index contributed by atoms with van der Waals surface area (Å²) in [7, 11) is 1.99. The summed E-state index contributed by atoms with van der Waals surface area (Å²) < 4.78 is 1.14. The van der Waals surface area contributed by atoms with E-state index in [0.717, 1.165) is 15.9 Å². The Morgan fingerprint density at radius 2 is 1.90 bits per heavy atom. The molecule has 1 atom stereocenters. The maximum absolute atomic E-state index is 6.34. The summed E-state index contributed by atoms with van der Waals surface area (Å²) in [6.07, 6.45) is 0.886. The Kier molecular flexibility index (Phi) is 5.25. The van der Waals surface area contributed by atoms with Crippen LogP contribution < -0.4 is 5.32 Å². The summed E-state index contributed by atoms with van der Waals surface area (Å²) in [5, 5.41) is 4.23. The van der Waals surface area contributed by atoms with Crippen LogP contribution in [0, 0.1) is 13.8 Å². The molecule has 0 amide bonds. The van der Waals surface area contributed by atoms with Gasteiger partial charge in [-0.1, -0.05) is 51.8 Å². The normalized spacial score (nSPS) is 12.4. The quantitative estimate of drug-likeness (QED) is 0.795. The average Bonchev–Trinajstić information content (AvgIpc) is 2.41. The van der Waals surface area contributed by atoms with Crippen LogP contribution in [0.5, 0.6) is 0 Å². The lowest BCUT2D eigenvalue weighted by Crippen LogP contribution is -2.19. The van der Waals surface area contributed by atoms with E-state index in [1.54, 1.807) is 0 Å². The summed E-state index contributed by atoms with van der Waals surface area (Å²) in [4.78, 5) is 0. The van der Waals surface area contributed by atoms with E-state index in [4.69, 9.17) is 11.6 Å². The molecule has 0 radical (unpaired) electrons. The third kappa shape index (κ3) is 3.63. The number of rotatable bonds is 4. The number of hydrogen-bond donors (Lipinski definition) is 1. The van der Waals surface area contributed by atoms with Crippen LogP contribution in [-0.2, 0) is 6.42 Å². The number of hydrogen-bond acceptors (Lipinski definition) is 1. The Labute approximate surface area is 134 Å². The largest absolute Gasteiger partial charge is 0.313 e. The van der Waals surface area contributed by atoms with Crippen LogP contribution in [0.2, 0.25) is 5.02 Å². The van der Waals surface area contributed by atoms with E-state index in [-0.39, 0.29) is 6.04 Å². The van der Waals surface area contributed by atoms with E-state index in [1.165, 1.54) is 22.3 Å². The fraction of sp³-hybridized carbons (Fsp3) is 0.294. The van der Waals surface area contributed by atoms with Gasteiger partial charge in [-0.2, -0.15) is 0 Å². The third-order valence-electron chi connectivity index (χ3n) is 3.57. The number of halogens is 2. The Morgan fingerprint density at radius 1 is 1.15 bits per heavy atom. The van der Waals surface area contributed by atoms with Crippen LogP contribution in [0.4, 0.5) is 0 Å². The minimum absolute atomic E-state index is 0.266. The van der Waals surface area contributed by atoms with Gasteiger partial charge in [-0.25, -0.2) is 0 Å². The molecular weight excluding hydrogens is 334 g/mol. The number of benzene rings is 2. The van der Waals surface area contributed by atoms with Gasteiger partial charge in [0.25, 0.3) is 0 Å². The highest BCUT2D eigenvalue weighted by atomic mass is 79.9. The molecule has 0 aromatic heterocycles. The molecule has 0 heterocycles. The first kappa shape index (κ1) is 15.6. The number of nitrogens with one attached hydrogen (secondary N) is 1. The van der Waals surface area contributed by atoms with E-state index in [0.29, 0.717) is 0 Å². The Hall–Kier alpha value is -0.830. The van der Waals surface area contributed by atoms with Gasteiger partial charge in [0.15, 0.2) is 0 Å². The molecule has 0 spiro atoms. The lowest BCUT2D eigenvalue weighted by atomic mass is 9.97. The maximum Gasteiger partial charge on any atom is 0.0441 e. The molecule has 2 aromatic rings. The minimum Gasteiger partial charge on any atom is -0.313 e. The van der Waals surface area contributed by atoms with Crippen molar-refractivity contribution in [3.8, 4) is 0 Å². The summed E-state index contributed by atoms with van der Waals surface area (Å²) in [5.74, 6) is 0. The molecule has 3 heteroatoms. The predicted molar refractivity (Wildman–Crippen MR) is 90.6 cm³/mol. The highest BCUT2D eigenvalue weighted by Gasteiger charge is 2.13. The van der Waals surface area contributed by atoms with Crippen LogP contribution in [0.15, 0.2) is 40.9 Å². The third-order valence-corrected chi connectivity index (χ3v) is 4.81. The van der Waals surface area contributed by atoms with Crippen LogP contribution in [-0.4, -0.2) is 7.05 Å². The number of aryl methyl sites for hydroxylation is 2. The van der Waals surface area contributed by atoms with Crippen molar-refractivity contribution in [3.05, 3.63) is 68.1 Å². The summed E-state index contributed by atoms with van der Waals surface area (Å²) >= 11 is 9.88. The Bertz CT molecular complexity index is 610. The first-order valence-electron chi connectivity index (χ1n) is 6.69. The molecule has 0 saturated heterocycles. The minimum atomic E-state index is 0.266. The van der Waals surface area contributed by atoms with Crippen molar-refractivity contribution < 1.29 is 0 Å². The summed E-state index contributed by atoms with van der Waals surface area (Å²) in [5.41, 5.74) is 4.90. The lowest BCUT2D eigenvalue weighted by molar-refractivity contribution is 0.591. The van der Waals surface area contributed by atoms with E-state index < -0.39 is 0 Å². The van der Waals surface area contributed by atoms with Gasteiger partial charge in [-0.05, 0) is 61.7 Å². The van der Waals surface area contributed by atoms with Crippen LogP contribution >= 0.6 is 27.5 Å². The van der Waals surface area contributed by atoms with Crippen molar-refractivity contribution in [2.75, 3.05) is 7.05 Å². The van der Waals surface area contributed by atoms with Crippen molar-refractivity contribution in [1.82, 2.24) is 5.32 Å². The molecule has 0 aliphatic heterocycles. The molecule has 2 rings (SSSR count). The van der Waals surface area contributed by atoms with Gasteiger partial charge in [0.05, 0.1) is 0 Å². The summed E-state index contributed by atoms with van der Waals surface area (Å²) in [6, 6.07) is 13.0. The second kappa shape index (κ2) is 6.75.